The van der Waals surface area contributed by atoms with Crippen molar-refractivity contribution in [2.24, 2.45) is 0 Å². The van der Waals surface area contributed by atoms with Gasteiger partial charge in [0.05, 0.1) is 43.8 Å². The van der Waals surface area contributed by atoms with E-state index in [0.717, 1.165) is 171 Å². The molecule has 0 amide bonds. The fourth-order valence-electron chi connectivity index (χ4n) is 24.7. The summed E-state index contributed by atoms with van der Waals surface area (Å²) in [5, 5.41) is 78.0. The minimum atomic E-state index is -0.981. The number of phenolic OH excluding ortho intramolecular Hbond substituents is 7. The lowest BCUT2D eigenvalue weighted by Gasteiger charge is -2.50. The minimum absolute atomic E-state index is 0.0999. The van der Waals surface area contributed by atoms with Gasteiger partial charge in [-0.25, -0.2) is 0 Å². The highest BCUT2D eigenvalue weighted by molar-refractivity contribution is 8.00. The Hall–Kier alpha value is -18.5. The Morgan fingerprint density at radius 3 is 0.660 bits per heavy atom. The summed E-state index contributed by atoms with van der Waals surface area (Å²) in [7, 11) is 4.05. The second-order valence-electron chi connectivity index (χ2n) is 37.4. The molecule has 13 N–H and O–H groups in total. The van der Waals surface area contributed by atoms with Crippen LogP contribution >= 0.6 is 23.5 Å². The SMILES string of the molecule is CN1c2ccccc2C2(c3ccccc3N(C)c3cccc(O)c32)c2c(O)cccc21.Nc1cccc2c1C1(c3ccccc3O2)c2ccccc2Oc2cccc(N)c21.Nc1cccc2c1[C@]1(c3ccccc3O2)c2ccccc2Oc2cccc(O)c21.Oc1cccc2c1C1(c3ccccc3O2)c2ccccc2Oc2cccc(O)c21.Oc1cccc2c1C1(c3ccccc3S2)c2ccccc2Sc2cccc(O)c21. The first-order valence-corrected chi connectivity index (χ1v) is 49.8. The molecular weight excluding hydrogens is 1870 g/mol. The van der Waals surface area contributed by atoms with Gasteiger partial charge < -0.3 is 91.2 Å². The molecule has 10 aliphatic heterocycles. The van der Waals surface area contributed by atoms with Crippen molar-refractivity contribution in [1.82, 2.24) is 0 Å². The number of hydrogen-bond donors (Lipinski definition) is 10. The molecule has 20 heteroatoms. The zero-order valence-electron chi connectivity index (χ0n) is 78.9. The largest absolute Gasteiger partial charge is 0.508 e. The molecule has 1 atom stereocenters. The van der Waals surface area contributed by atoms with Crippen LogP contribution in [0.15, 0.2) is 444 Å². The van der Waals surface area contributed by atoms with E-state index in [4.69, 9.17) is 45.6 Å². The third kappa shape index (κ3) is 12.6. The van der Waals surface area contributed by atoms with Gasteiger partial charge in [0.15, 0.2) is 0 Å². The summed E-state index contributed by atoms with van der Waals surface area (Å²) >= 11 is 3.34. The van der Waals surface area contributed by atoms with E-state index >= 15 is 0 Å². The van der Waals surface area contributed by atoms with Crippen LogP contribution in [0.1, 0.15) is 111 Å². The number of aromatic hydroxyl groups is 7. The van der Waals surface area contributed by atoms with Crippen LogP contribution in [0, 0.1) is 0 Å². The van der Waals surface area contributed by atoms with E-state index in [1.54, 1.807) is 84.2 Å². The molecule has 30 rings (SSSR count). The number of hydrogen-bond acceptors (Lipinski definition) is 20. The Bertz CT molecular complexity index is 7600. The fourth-order valence-corrected chi connectivity index (χ4v) is 27.2. The molecule has 20 aromatic carbocycles. The summed E-state index contributed by atoms with van der Waals surface area (Å²) < 4.78 is 37.4. The number of para-hydroxylation sites is 8. The van der Waals surface area contributed by atoms with Gasteiger partial charge >= 0.3 is 0 Å². The summed E-state index contributed by atoms with van der Waals surface area (Å²) in [5.41, 5.74) is 39.0. The topological polar surface area (TPSA) is 282 Å². The normalized spacial score (nSPS) is 15.5. The summed E-state index contributed by atoms with van der Waals surface area (Å²) in [6.45, 7) is 0. The maximum atomic E-state index is 11.3. The van der Waals surface area contributed by atoms with Crippen molar-refractivity contribution in [3.8, 4) is 109 Å². The Morgan fingerprint density at radius 2 is 0.354 bits per heavy atom. The van der Waals surface area contributed by atoms with Crippen molar-refractivity contribution in [1.29, 1.82) is 0 Å². The van der Waals surface area contributed by atoms with Crippen molar-refractivity contribution in [2.75, 3.05) is 41.1 Å². The molecule has 20 aromatic rings. The highest BCUT2D eigenvalue weighted by Crippen LogP contribution is 2.72. The van der Waals surface area contributed by atoms with Crippen LogP contribution in [0.2, 0.25) is 0 Å². The van der Waals surface area contributed by atoms with E-state index in [0.29, 0.717) is 68.2 Å². The Morgan fingerprint density at radius 1 is 0.170 bits per heavy atom. The average Bonchev–Trinajstić information content (AvgIpc) is 0.618. The maximum Gasteiger partial charge on any atom is 0.135 e. The first kappa shape index (κ1) is 88.7. The standard InChI is InChI=1S/C27H22N2O2.C25H18N2O2.C25H17NO3.C25H16O4.C25H16O2S2/c1-28-19-11-5-3-9-17(19)27(25-21(28)13-7-15-23(25)30)18-10-4-6-12-20(18)29(2)22-14-8-16-24(31)26(22)27;4*26-17-9-5-13-21-23(17)25(15-7-1-3-11-19(15)28-21)16-8-2-4-12-20(16)29-22-14-6-10-18(27)24(22)25/h3-16,30-31H,1-2H3;1-14H,26-27H2;1-14,27H,26H2;2*1-14,26-27H/t;;25-;;/m..0../s1. The van der Waals surface area contributed by atoms with Gasteiger partial charge in [-0.1, -0.05) is 266 Å². The van der Waals surface area contributed by atoms with Crippen LogP contribution in [0.4, 0.5) is 39.8 Å². The monoisotopic (exact) mass is 1960 g/mol. The van der Waals surface area contributed by atoms with Gasteiger partial charge in [0.2, 0.25) is 0 Å². The molecule has 18 nitrogen and oxygen atoms in total. The van der Waals surface area contributed by atoms with Gasteiger partial charge in [0.1, 0.15) is 109 Å². The lowest BCUT2D eigenvalue weighted by molar-refractivity contribution is 0.370. The molecule has 5 spiro atoms. The van der Waals surface area contributed by atoms with E-state index in [-0.39, 0.29) is 40.2 Å². The quantitative estimate of drug-likeness (QED) is 0.0632. The molecule has 0 saturated carbocycles. The molecule has 0 bridgehead atoms. The molecule has 0 fully saturated rings. The lowest BCUT2D eigenvalue weighted by atomic mass is 9.59. The average molecular weight is 1960 g/mol. The predicted molar refractivity (Wildman–Crippen MR) is 573 cm³/mol. The number of anilines is 7. The van der Waals surface area contributed by atoms with E-state index in [1.165, 1.54) is 0 Å². The van der Waals surface area contributed by atoms with Crippen LogP contribution in [-0.4, -0.2) is 49.8 Å². The summed E-state index contributed by atoms with van der Waals surface area (Å²) in [6, 6.07) is 136. The van der Waals surface area contributed by atoms with Crippen molar-refractivity contribution in [2.45, 2.75) is 46.7 Å². The molecule has 0 saturated heterocycles. The van der Waals surface area contributed by atoms with Crippen molar-refractivity contribution >= 4 is 63.3 Å². The molecule has 712 valence electrons. The summed E-state index contributed by atoms with van der Waals surface area (Å²) in [4.78, 5) is 8.55. The number of ether oxygens (including phenoxy) is 6. The number of phenols is 7. The van der Waals surface area contributed by atoms with Crippen LogP contribution in [0.25, 0.3) is 0 Å². The number of nitrogen functional groups attached to an aromatic ring is 3. The first-order chi connectivity index (χ1) is 71.9. The van der Waals surface area contributed by atoms with Crippen LogP contribution in [0.3, 0.4) is 0 Å². The first-order valence-electron chi connectivity index (χ1n) is 48.2. The highest BCUT2D eigenvalue weighted by Gasteiger charge is 2.60. The number of rotatable bonds is 0. The number of benzene rings is 20. The Balaban J connectivity index is 0.0000000932. The van der Waals surface area contributed by atoms with Crippen molar-refractivity contribution in [3.05, 3.63) is 536 Å². The number of fused-ring (bicyclic) bond motifs is 40. The van der Waals surface area contributed by atoms with Gasteiger partial charge in [0.25, 0.3) is 0 Å². The van der Waals surface area contributed by atoms with Crippen molar-refractivity contribution in [3.63, 3.8) is 0 Å². The van der Waals surface area contributed by atoms with E-state index in [9.17, 15) is 35.7 Å². The van der Waals surface area contributed by atoms with E-state index in [1.807, 2.05) is 305 Å². The fraction of sp³-hybridized carbons (Fsp3) is 0.0551. The summed E-state index contributed by atoms with van der Waals surface area (Å²) in [5.74, 6) is 9.53. The van der Waals surface area contributed by atoms with E-state index < -0.39 is 27.1 Å². The Kier molecular flexibility index (Phi) is 20.4. The maximum absolute atomic E-state index is 11.3. The molecule has 10 heterocycles. The smallest absolute Gasteiger partial charge is 0.135 e. The van der Waals surface area contributed by atoms with Gasteiger partial charge in [-0.15, -0.1) is 0 Å². The second kappa shape index (κ2) is 33.9. The van der Waals surface area contributed by atoms with Crippen molar-refractivity contribution < 1.29 is 64.2 Å². The molecule has 147 heavy (non-hydrogen) atoms. The second-order valence-corrected chi connectivity index (χ2v) is 39.6. The molecular formula is C127H89N5O13S2. The Labute approximate surface area is 854 Å². The zero-order chi connectivity index (χ0) is 99.7. The van der Waals surface area contributed by atoms with Crippen LogP contribution in [0.5, 0.6) is 109 Å². The third-order valence-corrected chi connectivity index (χ3v) is 32.4. The van der Waals surface area contributed by atoms with Crippen LogP contribution in [-0.2, 0) is 27.1 Å². The van der Waals surface area contributed by atoms with Gasteiger partial charge in [-0.3, -0.25) is 0 Å². The zero-order valence-corrected chi connectivity index (χ0v) is 80.6. The van der Waals surface area contributed by atoms with Gasteiger partial charge in [-0.05, 0) is 204 Å². The molecule has 0 aliphatic carbocycles. The minimum Gasteiger partial charge on any atom is -0.508 e. The molecule has 0 aromatic heterocycles. The molecule has 10 aliphatic rings. The van der Waals surface area contributed by atoms with Gasteiger partial charge in [-0.2, -0.15) is 0 Å². The summed E-state index contributed by atoms with van der Waals surface area (Å²) in [6.07, 6.45) is 0. The lowest BCUT2D eigenvalue weighted by Crippen LogP contribution is -2.42. The molecule has 0 unspecified atom stereocenters. The van der Waals surface area contributed by atoms with Gasteiger partial charge in [0, 0.05) is 146 Å². The van der Waals surface area contributed by atoms with Crippen LogP contribution < -0.4 is 55.4 Å². The van der Waals surface area contributed by atoms with E-state index in [2.05, 4.69) is 82.6 Å². The number of nitrogens with zero attached hydrogens (tertiary/aromatic N) is 2. The molecule has 0 radical (unpaired) electrons. The predicted octanol–water partition coefficient (Wildman–Crippen LogP) is 28.8. The highest BCUT2D eigenvalue weighted by atomic mass is 32.2. The number of nitrogens with two attached hydrogens (primary N) is 3. The third-order valence-electron chi connectivity index (χ3n) is 30.1.